The number of benzene rings is 7. The Labute approximate surface area is 300 Å². The van der Waals surface area contributed by atoms with Crippen molar-refractivity contribution in [3.8, 4) is 44.6 Å². The number of hydrogen-bond donors (Lipinski definition) is 0. The molecule has 0 bridgehead atoms. The smallest absolute Gasteiger partial charge is 0.180 e. The van der Waals surface area contributed by atoms with E-state index in [1.54, 1.807) is 6.33 Å². The number of thiophene rings is 2. The predicted molar refractivity (Wildman–Crippen MR) is 217 cm³/mol. The van der Waals surface area contributed by atoms with Crippen LogP contribution in [-0.4, -0.2) is 9.97 Å². The van der Waals surface area contributed by atoms with Gasteiger partial charge in [-0.1, -0.05) is 127 Å². The maximum atomic E-state index is 6.46. The van der Waals surface area contributed by atoms with Crippen LogP contribution in [-0.2, 0) is 0 Å². The lowest BCUT2D eigenvalue weighted by Crippen LogP contribution is -1.87. The summed E-state index contributed by atoms with van der Waals surface area (Å²) in [5, 5.41) is 6.23. The van der Waals surface area contributed by atoms with Crippen molar-refractivity contribution in [1.82, 2.24) is 9.97 Å². The van der Waals surface area contributed by atoms with Crippen LogP contribution < -0.4 is 0 Å². The highest BCUT2D eigenvalue weighted by atomic mass is 32.1. The van der Waals surface area contributed by atoms with Gasteiger partial charge in [0.15, 0.2) is 5.58 Å². The Balaban J connectivity index is 0.940. The lowest BCUT2D eigenvalue weighted by Gasteiger charge is -2.07. The second kappa shape index (κ2) is 11.2. The fourth-order valence-electron chi connectivity index (χ4n) is 7.56. The second-order valence-electron chi connectivity index (χ2n) is 12.9. The molecule has 7 aromatic carbocycles. The third kappa shape index (κ3) is 4.49. The topological polar surface area (TPSA) is 38.9 Å². The van der Waals surface area contributed by atoms with Gasteiger partial charge in [0.2, 0.25) is 0 Å². The summed E-state index contributed by atoms with van der Waals surface area (Å²) in [6.07, 6.45) is 1.65. The molecule has 0 aliphatic rings. The van der Waals surface area contributed by atoms with E-state index < -0.39 is 0 Å². The van der Waals surface area contributed by atoms with E-state index in [9.17, 15) is 0 Å². The second-order valence-corrected chi connectivity index (χ2v) is 15.0. The highest BCUT2D eigenvalue weighted by Gasteiger charge is 2.17. The molecule has 0 saturated carbocycles. The quantitative estimate of drug-likeness (QED) is 0.185. The zero-order chi connectivity index (χ0) is 33.5. The van der Waals surface area contributed by atoms with Crippen LogP contribution in [0.2, 0.25) is 0 Å². The summed E-state index contributed by atoms with van der Waals surface area (Å²) in [4.78, 5) is 9.41. The lowest BCUT2D eigenvalue weighted by molar-refractivity contribution is 0.667. The minimum atomic E-state index is 0.704. The first kappa shape index (κ1) is 28.7. The van der Waals surface area contributed by atoms with Gasteiger partial charge in [-0.3, -0.25) is 0 Å². The molecule has 51 heavy (non-hydrogen) atoms. The zero-order valence-electron chi connectivity index (χ0n) is 27.1. The average molecular weight is 687 g/mol. The maximum absolute atomic E-state index is 6.46. The first-order chi connectivity index (χ1) is 25.3. The van der Waals surface area contributed by atoms with Crippen LogP contribution in [0.4, 0.5) is 0 Å². The van der Waals surface area contributed by atoms with Crippen LogP contribution in [0, 0.1) is 0 Å². The highest BCUT2D eigenvalue weighted by Crippen LogP contribution is 2.42. The van der Waals surface area contributed by atoms with Gasteiger partial charge in [0.05, 0.1) is 0 Å². The summed E-state index contributed by atoms with van der Waals surface area (Å²) in [7, 11) is 0. The van der Waals surface area contributed by atoms with Crippen LogP contribution >= 0.6 is 22.7 Å². The molecule has 0 saturated heterocycles. The van der Waals surface area contributed by atoms with Crippen LogP contribution in [0.25, 0.3) is 107 Å². The minimum Gasteiger partial charge on any atom is -0.452 e. The molecule has 3 nitrogen and oxygen atoms in total. The molecule has 0 unspecified atom stereocenters. The van der Waals surface area contributed by atoms with Gasteiger partial charge in [0.25, 0.3) is 0 Å². The van der Waals surface area contributed by atoms with Crippen molar-refractivity contribution in [2.45, 2.75) is 0 Å². The van der Waals surface area contributed by atoms with E-state index in [1.165, 1.54) is 62.6 Å². The largest absolute Gasteiger partial charge is 0.452 e. The molecular formula is C46H26N2OS2. The van der Waals surface area contributed by atoms with Gasteiger partial charge in [0, 0.05) is 51.3 Å². The maximum Gasteiger partial charge on any atom is 0.180 e. The first-order valence-electron chi connectivity index (χ1n) is 17.0. The number of rotatable bonds is 4. The Morgan fingerprint density at radius 1 is 0.412 bits per heavy atom. The van der Waals surface area contributed by atoms with Gasteiger partial charge in [-0.15, -0.1) is 22.7 Å². The zero-order valence-corrected chi connectivity index (χ0v) is 28.8. The molecule has 5 heteroatoms. The summed E-state index contributed by atoms with van der Waals surface area (Å²) >= 11 is 3.72. The van der Waals surface area contributed by atoms with Crippen LogP contribution in [0.5, 0.6) is 0 Å². The van der Waals surface area contributed by atoms with Crippen LogP contribution in [0.1, 0.15) is 0 Å². The van der Waals surface area contributed by atoms with Crippen molar-refractivity contribution < 1.29 is 4.42 Å². The van der Waals surface area contributed by atoms with Gasteiger partial charge in [-0.25, -0.2) is 9.97 Å². The number of nitrogens with zero attached hydrogens (tertiary/aromatic N) is 2. The van der Waals surface area contributed by atoms with E-state index in [2.05, 4.69) is 152 Å². The standard InChI is InChI=1S/C46H26N2OS2/c1-3-13-40-34(7-1)36-11-5-9-32(45(36)50-40)28-17-15-27(16-18-28)31-23-24-39-38(25-31)43-44(49-39)42(47-26-48-43)30-21-19-29(20-22-30)33-10-6-12-37-35-8-2-4-14-41(35)51-46(33)37/h1-26H. The molecule has 0 fully saturated rings. The molecule has 0 aliphatic heterocycles. The monoisotopic (exact) mass is 686 g/mol. The molecule has 0 N–H and O–H groups in total. The van der Waals surface area contributed by atoms with Gasteiger partial charge in [-0.2, -0.15) is 0 Å². The summed E-state index contributed by atoms with van der Waals surface area (Å²) in [5.74, 6) is 0. The SMILES string of the molecule is c1ccc2c(c1)sc1c(-c3ccc(-c4ccc5oc6c(-c7ccc(-c8cccc9c8sc8ccccc89)cc7)ncnc6c5c4)cc3)cccc12. The Kier molecular flexibility index (Phi) is 6.29. The van der Waals surface area contributed by atoms with Crippen molar-refractivity contribution in [1.29, 1.82) is 0 Å². The molecule has 238 valence electrons. The summed E-state index contributed by atoms with van der Waals surface area (Å²) in [5.41, 5.74) is 11.3. The van der Waals surface area contributed by atoms with E-state index in [0.717, 1.165) is 38.9 Å². The van der Waals surface area contributed by atoms with Crippen LogP contribution in [0.3, 0.4) is 0 Å². The molecule has 4 heterocycles. The molecule has 11 aromatic rings. The van der Waals surface area contributed by atoms with Crippen molar-refractivity contribution in [3.63, 3.8) is 0 Å². The van der Waals surface area contributed by atoms with E-state index in [0.29, 0.717) is 5.58 Å². The first-order valence-corrected chi connectivity index (χ1v) is 18.6. The third-order valence-corrected chi connectivity index (χ3v) is 12.5. The normalized spacial score (nSPS) is 11.9. The van der Waals surface area contributed by atoms with Gasteiger partial charge in [-0.05, 0) is 57.6 Å². The van der Waals surface area contributed by atoms with Crippen molar-refractivity contribution >= 4 is 85.1 Å². The van der Waals surface area contributed by atoms with Crippen molar-refractivity contribution in [2.75, 3.05) is 0 Å². The van der Waals surface area contributed by atoms with Gasteiger partial charge in [0.1, 0.15) is 23.1 Å². The summed E-state index contributed by atoms with van der Waals surface area (Å²) < 4.78 is 11.7. The van der Waals surface area contributed by atoms with Crippen molar-refractivity contribution in [3.05, 3.63) is 158 Å². The molecule has 11 rings (SSSR count). The molecule has 4 aromatic heterocycles. The molecule has 0 amide bonds. The Morgan fingerprint density at radius 2 is 0.941 bits per heavy atom. The minimum absolute atomic E-state index is 0.704. The molecule has 0 aliphatic carbocycles. The summed E-state index contributed by atoms with van der Waals surface area (Å²) in [6.45, 7) is 0. The molecule has 0 atom stereocenters. The highest BCUT2D eigenvalue weighted by molar-refractivity contribution is 7.26. The predicted octanol–water partition coefficient (Wildman–Crippen LogP) is 13.8. The Hall–Kier alpha value is -6.14. The number of aromatic nitrogens is 2. The summed E-state index contributed by atoms with van der Waals surface area (Å²) in [6, 6.07) is 54.4. The third-order valence-electron chi connectivity index (χ3n) is 10.1. The molecule has 0 radical (unpaired) electrons. The Bertz CT molecular complexity index is 3130. The van der Waals surface area contributed by atoms with Crippen molar-refractivity contribution in [2.24, 2.45) is 0 Å². The van der Waals surface area contributed by atoms with E-state index in [4.69, 9.17) is 14.4 Å². The van der Waals surface area contributed by atoms with Gasteiger partial charge < -0.3 is 4.42 Å². The number of fused-ring (bicyclic) bond motifs is 9. The van der Waals surface area contributed by atoms with E-state index in [1.807, 2.05) is 22.7 Å². The molecule has 0 spiro atoms. The van der Waals surface area contributed by atoms with Crippen LogP contribution in [0.15, 0.2) is 162 Å². The van der Waals surface area contributed by atoms with E-state index in [-0.39, 0.29) is 0 Å². The van der Waals surface area contributed by atoms with E-state index >= 15 is 0 Å². The Morgan fingerprint density at radius 3 is 1.57 bits per heavy atom. The molecular weight excluding hydrogens is 661 g/mol. The lowest BCUT2D eigenvalue weighted by atomic mass is 9.98. The fraction of sp³-hybridized carbons (Fsp3) is 0. The van der Waals surface area contributed by atoms with Gasteiger partial charge >= 0.3 is 0 Å². The number of hydrogen-bond acceptors (Lipinski definition) is 5. The number of furan rings is 1. The fourth-order valence-corrected chi connectivity index (χ4v) is 10.0. The average Bonchev–Trinajstić information content (AvgIpc) is 3.89.